The first-order valence-corrected chi connectivity index (χ1v) is 9.21. The fourth-order valence-electron chi connectivity index (χ4n) is 3.31. The molecule has 1 atom stereocenters. The second-order valence-electron chi connectivity index (χ2n) is 6.50. The lowest BCUT2D eigenvalue weighted by molar-refractivity contribution is -0.394. The lowest BCUT2D eigenvalue weighted by Crippen LogP contribution is -2.20. The number of nitrogens with zero attached hydrogens (tertiary/aromatic N) is 3. The van der Waals surface area contributed by atoms with Crippen molar-refractivity contribution in [3.8, 4) is 0 Å². The van der Waals surface area contributed by atoms with Crippen LogP contribution in [0, 0.1) is 20.2 Å². The van der Waals surface area contributed by atoms with E-state index in [2.05, 4.69) is 5.16 Å². The van der Waals surface area contributed by atoms with Gasteiger partial charge in [-0.25, -0.2) is 4.79 Å². The van der Waals surface area contributed by atoms with Crippen LogP contribution in [0.2, 0.25) is 5.02 Å². The average molecular weight is 418 g/mol. The minimum Gasteiger partial charge on any atom is -0.313 e. The second-order valence-corrected chi connectivity index (χ2v) is 6.90. The van der Waals surface area contributed by atoms with Gasteiger partial charge in [0.05, 0.1) is 32.2 Å². The zero-order valence-electron chi connectivity index (χ0n) is 15.1. The summed E-state index contributed by atoms with van der Waals surface area (Å²) in [6, 6.07) is 9.91. The van der Waals surface area contributed by atoms with Gasteiger partial charge in [-0.05, 0) is 37.5 Å². The molecular formula is C19H16ClN3O6. The summed E-state index contributed by atoms with van der Waals surface area (Å²) in [5.41, 5.74) is 0.241. The standard InChI is InChI=1S/C19H16ClN3O6/c20-16-7-3-1-6-15(16)19(24)29-21-17-8-4-2-5-13(17)14-10-9-12(22(25)26)11-18(14)23(27)28/h1,3,6-7,9-11,13H,2,4-5,8H2/b21-17-/t13-/m1/s1. The Hall–Kier alpha value is -3.33. The molecule has 2 aromatic rings. The number of nitro benzene ring substituents is 2. The molecule has 0 N–H and O–H groups in total. The van der Waals surface area contributed by atoms with Crippen molar-refractivity contribution in [2.24, 2.45) is 5.16 Å². The maximum Gasteiger partial charge on any atom is 0.367 e. The predicted octanol–water partition coefficient (Wildman–Crippen LogP) is 5.03. The molecule has 150 valence electrons. The summed E-state index contributed by atoms with van der Waals surface area (Å²) >= 11 is 5.98. The number of carbonyl (C=O) groups excluding carboxylic acids is 1. The summed E-state index contributed by atoms with van der Waals surface area (Å²) in [7, 11) is 0. The highest BCUT2D eigenvalue weighted by Gasteiger charge is 2.31. The fourth-order valence-corrected chi connectivity index (χ4v) is 3.53. The number of halogens is 1. The fraction of sp³-hybridized carbons (Fsp3) is 0.263. The predicted molar refractivity (Wildman–Crippen MR) is 105 cm³/mol. The summed E-state index contributed by atoms with van der Waals surface area (Å²) in [4.78, 5) is 38.4. The molecule has 1 saturated carbocycles. The third kappa shape index (κ3) is 4.57. The van der Waals surface area contributed by atoms with Gasteiger partial charge in [-0.2, -0.15) is 0 Å². The Morgan fingerprint density at radius 2 is 1.86 bits per heavy atom. The van der Waals surface area contributed by atoms with Crippen molar-refractivity contribution >= 4 is 34.7 Å². The third-order valence-corrected chi connectivity index (χ3v) is 5.04. The van der Waals surface area contributed by atoms with E-state index >= 15 is 0 Å². The van der Waals surface area contributed by atoms with Gasteiger partial charge in [-0.1, -0.05) is 35.3 Å². The first-order valence-electron chi connectivity index (χ1n) is 8.84. The Kier molecular flexibility index (Phi) is 6.18. The molecule has 1 aliphatic carbocycles. The van der Waals surface area contributed by atoms with E-state index in [0.717, 1.165) is 18.9 Å². The number of hydrogen-bond acceptors (Lipinski definition) is 7. The van der Waals surface area contributed by atoms with Gasteiger partial charge >= 0.3 is 5.97 Å². The quantitative estimate of drug-likeness (QED) is 0.381. The van der Waals surface area contributed by atoms with Crippen molar-refractivity contribution < 1.29 is 19.5 Å². The zero-order valence-corrected chi connectivity index (χ0v) is 15.9. The van der Waals surface area contributed by atoms with Crippen molar-refractivity contribution in [3.05, 3.63) is 78.8 Å². The molecule has 0 aromatic heterocycles. The maximum atomic E-state index is 12.2. The van der Waals surface area contributed by atoms with Crippen molar-refractivity contribution in [2.45, 2.75) is 31.6 Å². The van der Waals surface area contributed by atoms with Gasteiger partial charge < -0.3 is 4.84 Å². The van der Waals surface area contributed by atoms with E-state index in [4.69, 9.17) is 16.4 Å². The minimum atomic E-state index is -0.731. The summed E-state index contributed by atoms with van der Waals surface area (Å²) in [6.45, 7) is 0. The molecule has 0 aliphatic heterocycles. The average Bonchev–Trinajstić information content (AvgIpc) is 2.72. The first kappa shape index (κ1) is 20.4. The highest BCUT2D eigenvalue weighted by molar-refractivity contribution is 6.33. The molecule has 9 nitrogen and oxygen atoms in total. The molecular weight excluding hydrogens is 402 g/mol. The summed E-state index contributed by atoms with van der Waals surface area (Å²) in [6.07, 6.45) is 2.64. The van der Waals surface area contributed by atoms with Crippen LogP contribution in [-0.4, -0.2) is 21.5 Å². The Morgan fingerprint density at radius 1 is 1.10 bits per heavy atom. The topological polar surface area (TPSA) is 125 Å². The summed E-state index contributed by atoms with van der Waals surface area (Å²) in [5.74, 6) is -1.20. The number of hydrogen-bond donors (Lipinski definition) is 0. The van der Waals surface area contributed by atoms with Gasteiger partial charge in [0.15, 0.2) is 0 Å². The van der Waals surface area contributed by atoms with Crippen molar-refractivity contribution in [2.75, 3.05) is 0 Å². The molecule has 0 radical (unpaired) electrons. The smallest absolute Gasteiger partial charge is 0.313 e. The lowest BCUT2D eigenvalue weighted by atomic mass is 9.81. The van der Waals surface area contributed by atoms with E-state index in [1.54, 1.807) is 18.2 Å². The molecule has 0 spiro atoms. The highest BCUT2D eigenvalue weighted by atomic mass is 35.5. The summed E-state index contributed by atoms with van der Waals surface area (Å²) in [5, 5.41) is 26.6. The number of nitro groups is 2. The number of rotatable bonds is 5. The van der Waals surface area contributed by atoms with Gasteiger partial charge in [0.25, 0.3) is 11.4 Å². The van der Waals surface area contributed by atoms with Crippen molar-refractivity contribution in [1.29, 1.82) is 0 Å². The van der Waals surface area contributed by atoms with E-state index in [-0.39, 0.29) is 22.0 Å². The molecule has 1 aliphatic rings. The molecule has 2 aromatic carbocycles. The van der Waals surface area contributed by atoms with Gasteiger partial charge in [0, 0.05) is 17.5 Å². The summed E-state index contributed by atoms with van der Waals surface area (Å²) < 4.78 is 0. The van der Waals surface area contributed by atoms with Crippen LogP contribution in [-0.2, 0) is 4.84 Å². The van der Waals surface area contributed by atoms with E-state index < -0.39 is 21.7 Å². The number of benzene rings is 2. The van der Waals surface area contributed by atoms with Crippen LogP contribution in [0.25, 0.3) is 0 Å². The van der Waals surface area contributed by atoms with Gasteiger partial charge in [-0.3, -0.25) is 20.2 Å². The zero-order chi connectivity index (χ0) is 21.0. The molecule has 29 heavy (non-hydrogen) atoms. The van der Waals surface area contributed by atoms with Gasteiger partial charge in [0.2, 0.25) is 0 Å². The lowest BCUT2D eigenvalue weighted by Gasteiger charge is -2.23. The van der Waals surface area contributed by atoms with E-state index in [1.165, 1.54) is 18.2 Å². The highest BCUT2D eigenvalue weighted by Crippen LogP contribution is 2.37. The maximum absolute atomic E-state index is 12.2. The van der Waals surface area contributed by atoms with Crippen LogP contribution in [0.1, 0.15) is 47.5 Å². The van der Waals surface area contributed by atoms with E-state index in [0.29, 0.717) is 24.1 Å². The SMILES string of the molecule is O=C(O/N=C1/CCCC[C@@H]1c1ccc([N+](=O)[O-])cc1[N+](=O)[O-])c1ccccc1Cl. The number of oxime groups is 1. The van der Waals surface area contributed by atoms with Crippen LogP contribution < -0.4 is 0 Å². The molecule has 0 unspecified atom stereocenters. The van der Waals surface area contributed by atoms with Crippen LogP contribution in [0.3, 0.4) is 0 Å². The molecule has 1 fully saturated rings. The minimum absolute atomic E-state index is 0.159. The molecule has 0 saturated heterocycles. The van der Waals surface area contributed by atoms with E-state index in [9.17, 15) is 25.0 Å². The number of carbonyl (C=O) groups is 1. The molecule has 3 rings (SSSR count). The molecule has 0 heterocycles. The van der Waals surface area contributed by atoms with Crippen LogP contribution in [0.5, 0.6) is 0 Å². The molecule has 0 amide bonds. The molecule has 0 bridgehead atoms. The third-order valence-electron chi connectivity index (χ3n) is 4.71. The Balaban J connectivity index is 1.91. The second kappa shape index (κ2) is 8.78. The Bertz CT molecular complexity index is 1010. The first-order chi connectivity index (χ1) is 13.9. The van der Waals surface area contributed by atoms with Crippen LogP contribution in [0.4, 0.5) is 11.4 Å². The van der Waals surface area contributed by atoms with E-state index in [1.807, 2.05) is 0 Å². The van der Waals surface area contributed by atoms with Gasteiger partial charge in [0.1, 0.15) is 0 Å². The Labute approximate surface area is 170 Å². The Morgan fingerprint density at radius 3 is 2.55 bits per heavy atom. The van der Waals surface area contributed by atoms with Crippen LogP contribution in [0.15, 0.2) is 47.6 Å². The van der Waals surface area contributed by atoms with Crippen molar-refractivity contribution in [3.63, 3.8) is 0 Å². The largest absolute Gasteiger partial charge is 0.367 e. The van der Waals surface area contributed by atoms with Crippen molar-refractivity contribution in [1.82, 2.24) is 0 Å². The molecule has 10 heteroatoms. The van der Waals surface area contributed by atoms with Crippen LogP contribution >= 0.6 is 11.6 Å². The monoisotopic (exact) mass is 417 g/mol. The van der Waals surface area contributed by atoms with Gasteiger partial charge in [-0.15, -0.1) is 0 Å². The normalized spacial score (nSPS) is 17.7. The number of non-ortho nitro benzene ring substituents is 1.